The molecule has 0 radical (unpaired) electrons. The van der Waals surface area contributed by atoms with Crippen LogP contribution >= 0.6 is 0 Å². The second kappa shape index (κ2) is 11.7. The monoisotopic (exact) mass is 633 g/mol. The molecule has 190 valence electrons. The number of carbonyl (C=O) groups excluding carboxylic acids is 1. The number of nitriles is 1. The molecule has 0 fully saturated rings. The molecule has 2 aliphatic rings. The van der Waals surface area contributed by atoms with Crippen LogP contribution in [-0.2, 0) is 11.3 Å². The number of hydrogen-bond donors (Lipinski definition) is 1. The molecule has 5 nitrogen and oxygen atoms in total. The van der Waals surface area contributed by atoms with E-state index in [9.17, 15) is 10.1 Å². The van der Waals surface area contributed by atoms with E-state index in [1.165, 1.54) is 19.9 Å². The zero-order valence-electron chi connectivity index (χ0n) is 21.6. The maximum absolute atomic E-state index is 13.7. The summed E-state index contributed by atoms with van der Waals surface area (Å²) in [5, 5.41) is 17.6. The van der Waals surface area contributed by atoms with E-state index in [4.69, 9.17) is 5.41 Å². The Morgan fingerprint density at radius 3 is 2.61 bits per heavy atom. The van der Waals surface area contributed by atoms with Crippen LogP contribution in [0.25, 0.3) is 15.9 Å². The van der Waals surface area contributed by atoms with Crippen molar-refractivity contribution in [2.24, 2.45) is 0 Å². The van der Waals surface area contributed by atoms with Gasteiger partial charge in [-0.3, -0.25) is 0 Å². The number of nitrogens with one attached hydrogen (secondary N) is 1. The van der Waals surface area contributed by atoms with Crippen molar-refractivity contribution in [1.29, 1.82) is 10.7 Å². The number of aromatic nitrogens is 1. The molecule has 0 spiro atoms. The number of benzene rings is 2. The van der Waals surface area contributed by atoms with Gasteiger partial charge in [-0.25, -0.2) is 0 Å². The molecule has 2 aromatic carbocycles. The molecule has 3 aromatic rings. The van der Waals surface area contributed by atoms with Crippen LogP contribution < -0.4 is 13.9 Å². The Labute approximate surface area is 235 Å². The first-order valence-corrected chi connectivity index (χ1v) is 16.4. The molecule has 7 heteroatoms. The Bertz CT molecular complexity index is 1610. The summed E-state index contributed by atoms with van der Waals surface area (Å²) in [7, 11) is 0. The first kappa shape index (κ1) is 26.4. The third kappa shape index (κ3) is 4.83. The summed E-state index contributed by atoms with van der Waals surface area (Å²) in [5.41, 5.74) is 4.18. The third-order valence-corrected chi connectivity index (χ3v) is 11.5. The van der Waals surface area contributed by atoms with Crippen molar-refractivity contribution in [1.82, 2.24) is 0 Å². The number of Topliss-reactive ketones (excluding diaryl/α,β-unsaturated/α-hetero) is 1. The molecule has 0 bridgehead atoms. The molecule has 1 aliphatic carbocycles. The van der Waals surface area contributed by atoms with Gasteiger partial charge in [0, 0.05) is 0 Å². The van der Waals surface area contributed by atoms with Crippen LogP contribution in [0.1, 0.15) is 44.1 Å². The van der Waals surface area contributed by atoms with Gasteiger partial charge in [-0.2, -0.15) is 0 Å². The molecule has 0 atom stereocenters. The predicted molar refractivity (Wildman–Crippen MR) is 155 cm³/mol. The molecular weight excluding hydrogens is 602 g/mol. The average Bonchev–Trinajstić information content (AvgIpc) is 3.48. The van der Waals surface area contributed by atoms with Gasteiger partial charge in [0.05, 0.1) is 0 Å². The number of unbranched alkanes of at least 4 members (excludes halogenated alkanes) is 2. The van der Waals surface area contributed by atoms with Gasteiger partial charge in [0.15, 0.2) is 0 Å². The standard InChI is InChI=1S/C31H29N4OSe2/c1-3-5-15-34-24-11-7-9-13-26(24)37-28(34)17-22-30(21(19-32)20-33)23(31(22)36)18-29-35(16-6-4-2)25-12-8-10-14-27(25)38-29/h7-14,17-18,32H,3-6,15-16H2,1-2H3/q+1. The minimum absolute atomic E-state index is 0.0487. The second-order valence-corrected chi connectivity index (χ2v) is 13.7. The van der Waals surface area contributed by atoms with Gasteiger partial charge in [0.2, 0.25) is 0 Å². The third-order valence-electron chi connectivity index (χ3n) is 6.79. The fraction of sp³-hybridized carbons (Fsp3) is 0.258. The van der Waals surface area contributed by atoms with Crippen molar-refractivity contribution in [3.8, 4) is 6.07 Å². The summed E-state index contributed by atoms with van der Waals surface area (Å²) in [4.78, 5) is 16.0. The molecule has 0 saturated carbocycles. The van der Waals surface area contributed by atoms with Crippen molar-refractivity contribution >= 4 is 67.1 Å². The average molecular weight is 632 g/mol. The van der Waals surface area contributed by atoms with Crippen LogP contribution in [0.4, 0.5) is 5.69 Å². The summed E-state index contributed by atoms with van der Waals surface area (Å²) < 4.78 is 7.21. The van der Waals surface area contributed by atoms with Gasteiger partial charge < -0.3 is 0 Å². The number of aryl methyl sites for hydroxylation is 1. The van der Waals surface area contributed by atoms with Gasteiger partial charge in [-0.05, 0) is 0 Å². The molecule has 38 heavy (non-hydrogen) atoms. The number of carbonyl (C=O) groups is 1. The van der Waals surface area contributed by atoms with E-state index in [1.807, 2.05) is 12.2 Å². The van der Waals surface area contributed by atoms with Crippen LogP contribution in [0.15, 0.2) is 81.5 Å². The molecule has 1 N–H and O–H groups in total. The van der Waals surface area contributed by atoms with E-state index in [-0.39, 0.29) is 40.8 Å². The molecular formula is C31H29N4OSe2+. The second-order valence-electron chi connectivity index (χ2n) is 9.26. The molecule has 1 aliphatic heterocycles. The number of fused-ring (bicyclic) bond motifs is 2. The van der Waals surface area contributed by atoms with E-state index in [2.05, 4.69) is 83.8 Å². The maximum atomic E-state index is 13.7. The summed E-state index contributed by atoms with van der Waals surface area (Å²) in [5.74, 6) is 2.26. The Balaban J connectivity index is 1.62. The number of allylic oxidation sites excluding steroid dienone is 5. The summed E-state index contributed by atoms with van der Waals surface area (Å²) in [6.07, 6.45) is 8.26. The molecule has 0 amide bonds. The summed E-state index contributed by atoms with van der Waals surface area (Å²) in [6.45, 7) is 6.17. The van der Waals surface area contributed by atoms with Gasteiger partial charge >= 0.3 is 237 Å². The molecule has 1 aromatic heterocycles. The fourth-order valence-corrected chi connectivity index (χ4v) is 9.55. The molecule has 0 saturated heterocycles. The van der Waals surface area contributed by atoms with E-state index in [0.29, 0.717) is 16.7 Å². The Hall–Kier alpha value is -3.22. The first-order chi connectivity index (χ1) is 18.6. The molecule has 0 unspecified atom stereocenters. The van der Waals surface area contributed by atoms with Crippen molar-refractivity contribution in [3.05, 3.63) is 86.1 Å². The van der Waals surface area contributed by atoms with Crippen molar-refractivity contribution in [2.75, 3.05) is 11.4 Å². The van der Waals surface area contributed by atoms with Gasteiger partial charge in [-0.1, -0.05) is 0 Å². The number of anilines is 1. The molecule has 2 heterocycles. The fourth-order valence-electron chi connectivity index (χ4n) is 4.81. The topological polar surface area (TPSA) is 71.8 Å². The zero-order chi connectivity index (χ0) is 26.6. The van der Waals surface area contributed by atoms with Crippen LogP contribution in [0.2, 0.25) is 0 Å². The van der Waals surface area contributed by atoms with Crippen LogP contribution in [0.3, 0.4) is 0 Å². The summed E-state index contributed by atoms with van der Waals surface area (Å²) in [6, 6.07) is 19.0. The Kier molecular flexibility index (Phi) is 8.10. The Morgan fingerprint density at radius 1 is 1.08 bits per heavy atom. The van der Waals surface area contributed by atoms with Crippen molar-refractivity contribution in [3.63, 3.8) is 0 Å². The van der Waals surface area contributed by atoms with E-state index >= 15 is 0 Å². The SMILES string of the molecule is CCCCN1C(=CC2=C(C(=C=N)C#N)C(=Cc3[se]c4ccccc4[n+]3CCCC)C2=O)[Se]c2ccccc21. The van der Waals surface area contributed by atoms with Gasteiger partial charge in [0.1, 0.15) is 0 Å². The minimum atomic E-state index is -0.0487. The zero-order valence-corrected chi connectivity index (χ0v) is 25.0. The van der Waals surface area contributed by atoms with Crippen molar-refractivity contribution in [2.45, 2.75) is 46.1 Å². The Morgan fingerprint density at radius 2 is 1.84 bits per heavy atom. The number of para-hydroxylation sites is 2. The van der Waals surface area contributed by atoms with Gasteiger partial charge in [-0.15, -0.1) is 0 Å². The van der Waals surface area contributed by atoms with E-state index in [0.717, 1.165) is 47.9 Å². The molecule has 5 rings (SSSR count). The number of rotatable bonds is 9. The van der Waals surface area contributed by atoms with Gasteiger partial charge in [0.25, 0.3) is 0 Å². The van der Waals surface area contributed by atoms with E-state index in [1.54, 1.807) is 0 Å². The predicted octanol–water partition coefficient (Wildman–Crippen LogP) is 4.44. The first-order valence-electron chi connectivity index (χ1n) is 13.0. The van der Waals surface area contributed by atoms with E-state index < -0.39 is 0 Å². The summed E-state index contributed by atoms with van der Waals surface area (Å²) >= 11 is 0.149. The number of hydrogen-bond acceptors (Lipinski definition) is 4. The number of ketones is 1. The van der Waals surface area contributed by atoms with Crippen molar-refractivity contribution < 1.29 is 9.36 Å². The number of nitrogens with zero attached hydrogens (tertiary/aromatic N) is 3. The quantitative estimate of drug-likeness (QED) is 0.125. The normalized spacial score (nSPS) is 16.7. The van der Waals surface area contributed by atoms with Crippen LogP contribution in [0.5, 0.6) is 0 Å². The van der Waals surface area contributed by atoms with Crippen LogP contribution in [0, 0.1) is 16.7 Å². The van der Waals surface area contributed by atoms with Crippen LogP contribution in [-0.4, -0.2) is 47.7 Å².